The summed E-state index contributed by atoms with van der Waals surface area (Å²) in [6.07, 6.45) is 1.42. The Balaban J connectivity index is 2.10. The first kappa shape index (κ1) is 16.2. The fraction of sp³-hybridized carbons (Fsp3) is 0. The normalized spacial score (nSPS) is 11.5. The molecule has 6 nitrogen and oxygen atoms in total. The molecule has 0 aliphatic carbocycles. The van der Waals surface area contributed by atoms with Crippen molar-refractivity contribution in [3.05, 3.63) is 64.1 Å². The van der Waals surface area contributed by atoms with E-state index in [0.29, 0.717) is 27.0 Å². The van der Waals surface area contributed by atoms with Crippen LogP contribution in [0.15, 0.2) is 48.5 Å². The molecule has 0 aliphatic heterocycles. The third-order valence-corrected chi connectivity index (χ3v) is 3.93. The monoisotopic (exact) mass is 360 g/mol. The lowest BCUT2D eigenvalue weighted by Gasteiger charge is -2.06. The van der Waals surface area contributed by atoms with Gasteiger partial charge in [0.05, 0.1) is 10.0 Å². The molecule has 0 amide bonds. The van der Waals surface area contributed by atoms with Crippen LogP contribution in [0.1, 0.15) is 5.56 Å². The fourth-order valence-electron chi connectivity index (χ4n) is 2.09. The van der Waals surface area contributed by atoms with Gasteiger partial charge in [0.2, 0.25) is 0 Å². The third-order valence-electron chi connectivity index (χ3n) is 3.20. The number of tetrazole rings is 1. The quantitative estimate of drug-likeness (QED) is 0.716. The minimum atomic E-state index is -1.18. The van der Waals surface area contributed by atoms with Crippen molar-refractivity contribution >= 4 is 40.9 Å². The minimum absolute atomic E-state index is 0.114. The molecule has 1 heterocycles. The van der Waals surface area contributed by atoms with Gasteiger partial charge in [-0.3, -0.25) is 0 Å². The molecule has 0 saturated heterocycles. The molecule has 0 fully saturated rings. The molecule has 1 N–H and O–H groups in total. The van der Waals surface area contributed by atoms with Crippen LogP contribution >= 0.6 is 23.2 Å². The molecule has 24 heavy (non-hydrogen) atoms. The Kier molecular flexibility index (Phi) is 4.59. The van der Waals surface area contributed by atoms with Crippen molar-refractivity contribution in [3.63, 3.8) is 0 Å². The van der Waals surface area contributed by atoms with Crippen LogP contribution in [-0.2, 0) is 4.79 Å². The highest BCUT2D eigenvalue weighted by atomic mass is 35.5. The molecule has 2 aromatic carbocycles. The maximum absolute atomic E-state index is 11.7. The van der Waals surface area contributed by atoms with Crippen LogP contribution < -0.4 is 0 Å². The number of benzene rings is 2. The van der Waals surface area contributed by atoms with E-state index in [4.69, 9.17) is 23.2 Å². The molecule has 0 aliphatic rings. The number of aromatic nitrogens is 4. The lowest BCUT2D eigenvalue weighted by atomic mass is 10.1. The van der Waals surface area contributed by atoms with E-state index >= 15 is 0 Å². The number of rotatable bonds is 4. The largest absolute Gasteiger partial charge is 0.477 e. The summed E-state index contributed by atoms with van der Waals surface area (Å²) in [5.41, 5.74) is 1.15. The zero-order valence-corrected chi connectivity index (χ0v) is 13.6. The summed E-state index contributed by atoms with van der Waals surface area (Å²) in [5, 5.41) is 21.6. The van der Waals surface area contributed by atoms with Crippen molar-refractivity contribution in [2.75, 3.05) is 0 Å². The van der Waals surface area contributed by atoms with Crippen LogP contribution in [0.4, 0.5) is 0 Å². The molecule has 0 bridgehead atoms. The van der Waals surface area contributed by atoms with Crippen molar-refractivity contribution in [1.29, 1.82) is 0 Å². The maximum atomic E-state index is 11.7. The average molecular weight is 361 g/mol. The lowest BCUT2D eigenvalue weighted by Crippen LogP contribution is -2.11. The lowest BCUT2D eigenvalue weighted by molar-refractivity contribution is -0.130. The highest BCUT2D eigenvalue weighted by molar-refractivity contribution is 6.42. The van der Waals surface area contributed by atoms with E-state index in [1.165, 1.54) is 10.8 Å². The number of hydrogen-bond acceptors (Lipinski definition) is 4. The van der Waals surface area contributed by atoms with E-state index in [1.54, 1.807) is 30.3 Å². The summed E-state index contributed by atoms with van der Waals surface area (Å²) in [6, 6.07) is 13.9. The highest BCUT2D eigenvalue weighted by Crippen LogP contribution is 2.25. The van der Waals surface area contributed by atoms with Gasteiger partial charge in [0.25, 0.3) is 0 Å². The maximum Gasteiger partial charge on any atom is 0.354 e. The van der Waals surface area contributed by atoms with Crippen LogP contribution in [0.25, 0.3) is 23.2 Å². The van der Waals surface area contributed by atoms with Gasteiger partial charge in [-0.2, -0.15) is 4.68 Å². The molecule has 3 aromatic rings. The Morgan fingerprint density at radius 1 is 1.08 bits per heavy atom. The summed E-state index contributed by atoms with van der Waals surface area (Å²) in [6.45, 7) is 0. The van der Waals surface area contributed by atoms with Crippen molar-refractivity contribution in [1.82, 2.24) is 20.2 Å². The van der Waals surface area contributed by atoms with E-state index in [1.807, 2.05) is 18.2 Å². The Morgan fingerprint density at radius 2 is 1.83 bits per heavy atom. The van der Waals surface area contributed by atoms with Crippen molar-refractivity contribution < 1.29 is 9.90 Å². The van der Waals surface area contributed by atoms with Gasteiger partial charge in [-0.1, -0.05) is 59.6 Å². The summed E-state index contributed by atoms with van der Waals surface area (Å²) in [5.74, 6) is -0.852. The van der Waals surface area contributed by atoms with E-state index in [9.17, 15) is 9.90 Å². The van der Waals surface area contributed by atoms with Crippen LogP contribution in [0.3, 0.4) is 0 Å². The number of carboxylic acids is 1. The SMILES string of the molecule is O=C(O)C(=Cc1ccc(Cl)c(Cl)c1)n1nnnc1-c1ccccc1. The Morgan fingerprint density at radius 3 is 2.50 bits per heavy atom. The van der Waals surface area contributed by atoms with Gasteiger partial charge in [0, 0.05) is 5.56 Å². The van der Waals surface area contributed by atoms with Gasteiger partial charge in [-0.25, -0.2) is 4.79 Å². The Bertz CT molecular complexity index is 923. The molecular weight excluding hydrogens is 351 g/mol. The van der Waals surface area contributed by atoms with Crippen molar-refractivity contribution in [3.8, 4) is 11.4 Å². The van der Waals surface area contributed by atoms with Gasteiger partial charge < -0.3 is 5.11 Å². The minimum Gasteiger partial charge on any atom is -0.477 e. The van der Waals surface area contributed by atoms with Gasteiger partial charge in [0.1, 0.15) is 0 Å². The Labute approximate surface area is 146 Å². The summed E-state index contributed by atoms with van der Waals surface area (Å²) in [4.78, 5) is 11.7. The highest BCUT2D eigenvalue weighted by Gasteiger charge is 2.18. The second kappa shape index (κ2) is 6.82. The van der Waals surface area contributed by atoms with Crippen LogP contribution in [-0.4, -0.2) is 31.3 Å². The molecule has 0 radical (unpaired) electrons. The molecule has 1 aromatic heterocycles. The number of halogens is 2. The van der Waals surface area contributed by atoms with E-state index in [-0.39, 0.29) is 5.70 Å². The van der Waals surface area contributed by atoms with Crippen LogP contribution in [0.2, 0.25) is 10.0 Å². The first-order valence-corrected chi connectivity index (χ1v) is 7.56. The number of aliphatic carboxylic acids is 1. The third kappa shape index (κ3) is 3.29. The van der Waals surface area contributed by atoms with Crippen LogP contribution in [0, 0.1) is 0 Å². The Hall–Kier alpha value is -2.70. The summed E-state index contributed by atoms with van der Waals surface area (Å²) >= 11 is 11.9. The molecule has 0 atom stereocenters. The van der Waals surface area contributed by atoms with Crippen LogP contribution in [0.5, 0.6) is 0 Å². The van der Waals surface area contributed by atoms with Gasteiger partial charge in [0.15, 0.2) is 11.5 Å². The fourth-order valence-corrected chi connectivity index (χ4v) is 2.40. The number of carboxylic acid groups (broad SMARTS) is 1. The van der Waals surface area contributed by atoms with Gasteiger partial charge in [-0.15, -0.1) is 5.10 Å². The number of carbonyl (C=O) groups is 1. The molecule has 0 unspecified atom stereocenters. The number of nitrogens with zero attached hydrogens (tertiary/aromatic N) is 4. The van der Waals surface area contributed by atoms with E-state index in [2.05, 4.69) is 15.5 Å². The molecule has 0 saturated carbocycles. The smallest absolute Gasteiger partial charge is 0.354 e. The summed E-state index contributed by atoms with van der Waals surface area (Å²) < 4.78 is 1.17. The second-order valence-electron chi connectivity index (χ2n) is 4.79. The molecule has 120 valence electrons. The molecule has 8 heteroatoms. The zero-order chi connectivity index (χ0) is 17.1. The van der Waals surface area contributed by atoms with E-state index in [0.717, 1.165) is 0 Å². The first-order chi connectivity index (χ1) is 11.6. The predicted octanol–water partition coefficient (Wildman–Crippen LogP) is 3.73. The zero-order valence-electron chi connectivity index (χ0n) is 12.1. The molecule has 3 rings (SSSR count). The van der Waals surface area contributed by atoms with Gasteiger partial charge in [-0.05, 0) is 34.2 Å². The molecule has 0 spiro atoms. The van der Waals surface area contributed by atoms with Crippen molar-refractivity contribution in [2.24, 2.45) is 0 Å². The van der Waals surface area contributed by atoms with Gasteiger partial charge >= 0.3 is 5.97 Å². The second-order valence-corrected chi connectivity index (χ2v) is 5.60. The topological polar surface area (TPSA) is 80.9 Å². The molecular formula is C16H10Cl2N4O2. The standard InChI is InChI=1S/C16H10Cl2N4O2/c17-12-7-6-10(8-13(12)18)9-14(16(23)24)22-15(19-20-21-22)11-4-2-1-3-5-11/h1-9H,(H,23,24). The predicted molar refractivity (Wildman–Crippen MR) is 91.5 cm³/mol. The van der Waals surface area contributed by atoms with E-state index < -0.39 is 5.97 Å². The first-order valence-electron chi connectivity index (χ1n) is 6.80. The summed E-state index contributed by atoms with van der Waals surface area (Å²) in [7, 11) is 0. The number of hydrogen-bond donors (Lipinski definition) is 1. The average Bonchev–Trinajstić information content (AvgIpc) is 3.05. The van der Waals surface area contributed by atoms with Crippen molar-refractivity contribution in [2.45, 2.75) is 0 Å².